The van der Waals surface area contributed by atoms with E-state index >= 15 is 0 Å². The van der Waals surface area contributed by atoms with Crippen LogP contribution < -0.4 is 15.4 Å². The van der Waals surface area contributed by atoms with Crippen molar-refractivity contribution in [2.45, 2.75) is 13.0 Å². The van der Waals surface area contributed by atoms with Crippen LogP contribution in [0.2, 0.25) is 0 Å². The second-order valence-electron chi connectivity index (χ2n) is 4.13. The molecule has 1 atom stereocenters. The molecule has 0 bridgehead atoms. The van der Waals surface area contributed by atoms with Gasteiger partial charge in [-0.05, 0) is 31.2 Å². The first-order chi connectivity index (χ1) is 10.5. The summed E-state index contributed by atoms with van der Waals surface area (Å²) in [6, 6.07) is 7.44. The smallest absolute Gasteiger partial charge is 0.347 e. The fourth-order valence-electron chi connectivity index (χ4n) is 1.34. The van der Waals surface area contributed by atoms with Gasteiger partial charge < -0.3 is 14.8 Å². The van der Waals surface area contributed by atoms with Crippen molar-refractivity contribution in [3.63, 3.8) is 0 Å². The highest BCUT2D eigenvalue weighted by Gasteiger charge is 2.18. The summed E-state index contributed by atoms with van der Waals surface area (Å²) in [5, 5.41) is 12.8. The maximum Gasteiger partial charge on any atom is 0.347 e. The Kier molecular flexibility index (Phi) is 6.37. The Labute approximate surface area is 127 Å². The number of carbonyl (C=O) groups excluding carboxylic acids is 3. The topological polar surface area (TPSA) is 118 Å². The molecule has 0 aliphatic heterocycles. The first-order valence-corrected chi connectivity index (χ1v) is 6.31. The van der Waals surface area contributed by atoms with Gasteiger partial charge in [-0.15, -0.1) is 0 Å². The molecule has 0 aliphatic carbocycles. The van der Waals surface area contributed by atoms with Crippen molar-refractivity contribution >= 4 is 17.9 Å². The first-order valence-electron chi connectivity index (χ1n) is 6.31. The summed E-state index contributed by atoms with van der Waals surface area (Å²) in [5.74, 6) is -1.12. The lowest BCUT2D eigenvalue weighted by molar-refractivity contribution is -0.154. The summed E-state index contributed by atoms with van der Waals surface area (Å²) >= 11 is 0. The average molecular weight is 305 g/mol. The summed E-state index contributed by atoms with van der Waals surface area (Å²) in [7, 11) is 1.35. The fraction of sp³-hybridized carbons (Fsp3) is 0.286. The zero-order valence-electron chi connectivity index (χ0n) is 12.1. The molecule has 0 radical (unpaired) electrons. The lowest BCUT2D eigenvalue weighted by Gasteiger charge is -2.13. The van der Waals surface area contributed by atoms with E-state index in [1.165, 1.54) is 14.0 Å². The van der Waals surface area contributed by atoms with E-state index in [2.05, 4.69) is 5.32 Å². The van der Waals surface area contributed by atoms with Crippen molar-refractivity contribution in [2.24, 2.45) is 0 Å². The maximum atomic E-state index is 11.7. The Morgan fingerprint density at radius 1 is 1.27 bits per heavy atom. The van der Waals surface area contributed by atoms with Gasteiger partial charge in [0.25, 0.3) is 5.91 Å². The van der Waals surface area contributed by atoms with Crippen LogP contribution in [0.5, 0.6) is 5.75 Å². The molecule has 0 unspecified atom stereocenters. The van der Waals surface area contributed by atoms with E-state index in [1.807, 2.05) is 11.4 Å². The molecule has 2 N–H and O–H groups in total. The number of benzene rings is 1. The molecule has 1 rings (SSSR count). The second-order valence-corrected chi connectivity index (χ2v) is 4.13. The molecular weight excluding hydrogens is 290 g/mol. The molecule has 0 aliphatic rings. The summed E-state index contributed by atoms with van der Waals surface area (Å²) in [5.41, 5.74) is 0.466. The lowest BCUT2D eigenvalue weighted by Crippen LogP contribution is -2.40. The quantitative estimate of drug-likeness (QED) is 0.757. The highest BCUT2D eigenvalue weighted by Crippen LogP contribution is 2.13. The van der Waals surface area contributed by atoms with Gasteiger partial charge in [-0.1, -0.05) is 0 Å². The maximum absolute atomic E-state index is 11.7. The molecule has 8 heteroatoms. The minimum absolute atomic E-state index is 0.387. The van der Waals surface area contributed by atoms with Crippen LogP contribution in [0.15, 0.2) is 24.3 Å². The van der Waals surface area contributed by atoms with Crippen LogP contribution in [0.1, 0.15) is 12.5 Å². The zero-order chi connectivity index (χ0) is 16.5. The third-order valence-electron chi connectivity index (χ3n) is 2.45. The molecule has 0 fully saturated rings. The van der Waals surface area contributed by atoms with E-state index in [0.717, 1.165) is 0 Å². The van der Waals surface area contributed by atoms with Gasteiger partial charge in [-0.2, -0.15) is 5.26 Å². The number of esters is 1. The number of ether oxygens (including phenoxy) is 2. The van der Waals surface area contributed by atoms with E-state index in [4.69, 9.17) is 14.7 Å². The Morgan fingerprint density at radius 2 is 1.91 bits per heavy atom. The van der Waals surface area contributed by atoms with Crippen LogP contribution in [-0.4, -0.2) is 37.7 Å². The Bertz CT molecular complexity index is 591. The van der Waals surface area contributed by atoms with Crippen molar-refractivity contribution in [3.8, 4) is 11.8 Å². The SMILES string of the molecule is CNC(=O)NC(=O)COC(=O)[C@@H](C)Oc1ccc(C#N)cc1. The summed E-state index contributed by atoms with van der Waals surface area (Å²) in [6.45, 7) is 0.866. The number of amides is 3. The molecule has 0 saturated heterocycles. The van der Waals surface area contributed by atoms with E-state index in [9.17, 15) is 14.4 Å². The predicted octanol–water partition coefficient (Wildman–Crippen LogP) is 0.324. The van der Waals surface area contributed by atoms with Gasteiger partial charge in [0.05, 0.1) is 11.6 Å². The number of nitriles is 1. The van der Waals surface area contributed by atoms with Gasteiger partial charge in [0.1, 0.15) is 5.75 Å². The highest BCUT2D eigenvalue weighted by molar-refractivity contribution is 5.95. The molecular formula is C14H15N3O5. The normalized spacial score (nSPS) is 10.8. The predicted molar refractivity (Wildman–Crippen MR) is 74.8 cm³/mol. The number of carbonyl (C=O) groups is 3. The van der Waals surface area contributed by atoms with Gasteiger partial charge in [0.15, 0.2) is 12.7 Å². The molecule has 0 saturated carbocycles. The highest BCUT2D eigenvalue weighted by atomic mass is 16.6. The average Bonchev–Trinajstić information content (AvgIpc) is 2.53. The number of hydrogen-bond donors (Lipinski definition) is 2. The van der Waals surface area contributed by atoms with Gasteiger partial charge in [0.2, 0.25) is 0 Å². The van der Waals surface area contributed by atoms with E-state index in [-0.39, 0.29) is 0 Å². The van der Waals surface area contributed by atoms with Crippen molar-refractivity contribution < 1.29 is 23.9 Å². The van der Waals surface area contributed by atoms with Crippen LogP contribution in [-0.2, 0) is 14.3 Å². The first kappa shape index (κ1) is 17.0. The number of imide groups is 1. The number of rotatable bonds is 5. The third kappa shape index (κ3) is 5.50. The molecule has 0 heterocycles. The fourth-order valence-corrected chi connectivity index (χ4v) is 1.34. The number of nitrogens with zero attached hydrogens (tertiary/aromatic N) is 1. The van der Waals surface area contributed by atoms with Crippen LogP contribution in [0, 0.1) is 11.3 Å². The Hall–Kier alpha value is -3.08. The van der Waals surface area contributed by atoms with Gasteiger partial charge in [-0.25, -0.2) is 9.59 Å². The van der Waals surface area contributed by atoms with Crippen LogP contribution in [0.4, 0.5) is 4.79 Å². The van der Waals surface area contributed by atoms with E-state index < -0.39 is 30.6 Å². The molecule has 3 amide bonds. The van der Waals surface area contributed by atoms with Crippen LogP contribution in [0.3, 0.4) is 0 Å². The second kappa shape index (κ2) is 8.26. The van der Waals surface area contributed by atoms with Gasteiger partial charge in [-0.3, -0.25) is 10.1 Å². The standard InChI is InChI=1S/C14H15N3O5/c1-9(22-11-5-3-10(7-15)4-6-11)13(19)21-8-12(18)17-14(20)16-2/h3-6,9H,8H2,1-2H3,(H2,16,17,18,20)/t9-/m1/s1. The third-order valence-corrected chi connectivity index (χ3v) is 2.45. The lowest BCUT2D eigenvalue weighted by atomic mass is 10.2. The summed E-state index contributed by atoms with van der Waals surface area (Å²) in [6.07, 6.45) is -0.944. The van der Waals surface area contributed by atoms with Gasteiger partial charge in [0, 0.05) is 7.05 Å². The Morgan fingerprint density at radius 3 is 2.45 bits per heavy atom. The zero-order valence-corrected chi connectivity index (χ0v) is 12.1. The number of urea groups is 1. The molecule has 0 aromatic heterocycles. The van der Waals surface area contributed by atoms with Crippen molar-refractivity contribution in [1.82, 2.24) is 10.6 Å². The van der Waals surface area contributed by atoms with E-state index in [1.54, 1.807) is 24.3 Å². The summed E-state index contributed by atoms with van der Waals surface area (Å²) < 4.78 is 10.0. The minimum atomic E-state index is -0.944. The number of nitrogens with one attached hydrogen (secondary N) is 2. The monoisotopic (exact) mass is 305 g/mol. The van der Waals surface area contributed by atoms with Crippen molar-refractivity contribution in [1.29, 1.82) is 5.26 Å². The number of hydrogen-bond acceptors (Lipinski definition) is 6. The minimum Gasteiger partial charge on any atom is -0.479 e. The molecule has 1 aromatic carbocycles. The molecule has 0 spiro atoms. The van der Waals surface area contributed by atoms with Crippen molar-refractivity contribution in [3.05, 3.63) is 29.8 Å². The molecule has 8 nitrogen and oxygen atoms in total. The Balaban J connectivity index is 2.43. The van der Waals surface area contributed by atoms with Crippen LogP contribution in [0.25, 0.3) is 0 Å². The molecule has 1 aromatic rings. The molecule has 22 heavy (non-hydrogen) atoms. The van der Waals surface area contributed by atoms with E-state index in [0.29, 0.717) is 11.3 Å². The van der Waals surface area contributed by atoms with Gasteiger partial charge >= 0.3 is 12.0 Å². The molecule has 116 valence electrons. The largest absolute Gasteiger partial charge is 0.479 e. The van der Waals surface area contributed by atoms with Crippen LogP contribution >= 0.6 is 0 Å². The van der Waals surface area contributed by atoms with Crippen molar-refractivity contribution in [2.75, 3.05) is 13.7 Å². The summed E-state index contributed by atoms with van der Waals surface area (Å²) in [4.78, 5) is 33.8.